The van der Waals surface area contributed by atoms with Crippen molar-refractivity contribution in [2.24, 2.45) is 17.6 Å². The normalized spacial score (nSPS) is 27.1. The summed E-state index contributed by atoms with van der Waals surface area (Å²) < 4.78 is 5.48. The summed E-state index contributed by atoms with van der Waals surface area (Å²) in [4.78, 5) is 31.3. The van der Waals surface area contributed by atoms with E-state index in [9.17, 15) is 14.7 Å². The number of hydrogen-bond donors (Lipinski definition) is 3. The number of thiazole rings is 1. The molecular formula is C36H45N3O4S. The number of carbonyl (C=O) groups excluding carboxylic acids is 2. The summed E-state index contributed by atoms with van der Waals surface area (Å²) >= 11 is 1.78. The lowest BCUT2D eigenvalue weighted by Crippen LogP contribution is -2.53. The number of aliphatic hydroxyl groups excluding tert-OH is 1. The first-order chi connectivity index (χ1) is 21.3. The second kappa shape index (κ2) is 13.0. The van der Waals surface area contributed by atoms with Crippen molar-refractivity contribution < 1.29 is 19.4 Å². The number of ether oxygens (including phenoxy) is 1. The Bertz CT molecular complexity index is 1490. The number of carbonyl (C=O) groups is 2. The standard InChI is InChI=1S/C36H45N3O4S/c1-22-16-26(12-13-31(22)43-2)24-8-6-23(7-9-24)19-36(15-14-29(39-33(41)21-40)18-30(36)34(37)42)28-5-3-4-27(17-28)32-20-38-35(44-32)25-10-11-25/h3-5,12-13,16-17,20,23-25,29-30,40H,6-11,14-15,18-19,21H2,1-2H3,(H2,37,42)(H,39,41). The number of hydrogen-bond acceptors (Lipinski definition) is 6. The number of aliphatic hydroxyl groups is 1. The van der Waals surface area contributed by atoms with Crippen LogP contribution in [0.3, 0.4) is 0 Å². The maximum atomic E-state index is 13.3. The fourth-order valence-corrected chi connectivity index (χ4v) is 9.11. The quantitative estimate of drug-likeness (QED) is 0.245. The minimum Gasteiger partial charge on any atom is -0.496 e. The van der Waals surface area contributed by atoms with E-state index in [0.29, 0.717) is 24.2 Å². The SMILES string of the molecule is COc1ccc(C2CCC(CC3(c4cccc(-c5cnc(C6CC6)s5)c4)CCC(NC(=O)CO)CC3C(N)=O)CC2)cc1C. The number of amides is 2. The number of nitrogens with one attached hydrogen (secondary N) is 1. The Morgan fingerprint density at radius 3 is 2.52 bits per heavy atom. The van der Waals surface area contributed by atoms with Crippen LogP contribution in [-0.4, -0.2) is 41.7 Å². The maximum Gasteiger partial charge on any atom is 0.245 e. The molecule has 4 N–H and O–H groups in total. The predicted molar refractivity (Wildman–Crippen MR) is 174 cm³/mol. The van der Waals surface area contributed by atoms with Gasteiger partial charge in [0.05, 0.1) is 17.0 Å². The summed E-state index contributed by atoms with van der Waals surface area (Å²) in [5.41, 5.74) is 10.7. The maximum absolute atomic E-state index is 13.3. The third-order valence-electron chi connectivity index (χ3n) is 10.5. The second-order valence-electron chi connectivity index (χ2n) is 13.4. The number of benzene rings is 2. The molecule has 3 atom stereocenters. The monoisotopic (exact) mass is 615 g/mol. The fourth-order valence-electron chi connectivity index (χ4n) is 8.03. The van der Waals surface area contributed by atoms with Crippen LogP contribution in [0.1, 0.15) is 97.7 Å². The molecule has 8 heteroatoms. The predicted octanol–water partition coefficient (Wildman–Crippen LogP) is 6.37. The van der Waals surface area contributed by atoms with Gasteiger partial charge in [-0.05, 0) is 117 Å². The van der Waals surface area contributed by atoms with E-state index in [1.165, 1.54) is 39.4 Å². The van der Waals surface area contributed by atoms with Crippen molar-refractivity contribution >= 4 is 23.2 Å². The van der Waals surface area contributed by atoms with Gasteiger partial charge in [0.1, 0.15) is 12.4 Å². The van der Waals surface area contributed by atoms with Gasteiger partial charge in [-0.1, -0.05) is 30.3 Å². The van der Waals surface area contributed by atoms with E-state index in [-0.39, 0.29) is 11.9 Å². The fraction of sp³-hybridized carbons (Fsp3) is 0.528. The molecule has 0 radical (unpaired) electrons. The van der Waals surface area contributed by atoms with Crippen LogP contribution in [0.5, 0.6) is 5.75 Å². The topological polar surface area (TPSA) is 115 Å². The largest absolute Gasteiger partial charge is 0.496 e. The summed E-state index contributed by atoms with van der Waals surface area (Å²) in [5, 5.41) is 13.5. The van der Waals surface area contributed by atoms with Gasteiger partial charge in [0, 0.05) is 29.5 Å². The minimum atomic E-state index is -0.556. The van der Waals surface area contributed by atoms with Crippen LogP contribution in [0.25, 0.3) is 10.4 Å². The van der Waals surface area contributed by atoms with Crippen LogP contribution in [0.15, 0.2) is 48.7 Å². The van der Waals surface area contributed by atoms with Crippen LogP contribution in [0.4, 0.5) is 0 Å². The van der Waals surface area contributed by atoms with Gasteiger partial charge < -0.3 is 20.9 Å². The smallest absolute Gasteiger partial charge is 0.245 e. The molecule has 3 unspecified atom stereocenters. The van der Waals surface area contributed by atoms with Crippen molar-refractivity contribution in [3.8, 4) is 16.2 Å². The van der Waals surface area contributed by atoms with Gasteiger partial charge in [-0.2, -0.15) is 0 Å². The van der Waals surface area contributed by atoms with Gasteiger partial charge in [0.2, 0.25) is 11.8 Å². The molecule has 7 nitrogen and oxygen atoms in total. The van der Waals surface area contributed by atoms with Crippen molar-refractivity contribution in [2.45, 2.75) is 94.4 Å². The Hall–Kier alpha value is -3.23. The molecule has 1 heterocycles. The van der Waals surface area contributed by atoms with E-state index in [0.717, 1.165) is 56.3 Å². The van der Waals surface area contributed by atoms with Crippen LogP contribution in [0.2, 0.25) is 0 Å². The zero-order valence-electron chi connectivity index (χ0n) is 25.9. The molecule has 2 aromatic carbocycles. The van der Waals surface area contributed by atoms with Crippen molar-refractivity contribution in [3.05, 3.63) is 70.4 Å². The van der Waals surface area contributed by atoms with Gasteiger partial charge in [-0.15, -0.1) is 11.3 Å². The zero-order chi connectivity index (χ0) is 30.8. The number of methoxy groups -OCH3 is 1. The Balaban J connectivity index is 1.27. The molecule has 3 aliphatic carbocycles. The number of nitrogens with two attached hydrogens (primary N) is 1. The second-order valence-corrected chi connectivity index (χ2v) is 14.4. The molecule has 0 saturated heterocycles. The van der Waals surface area contributed by atoms with Crippen LogP contribution >= 0.6 is 11.3 Å². The van der Waals surface area contributed by atoms with Gasteiger partial charge in [0.15, 0.2) is 0 Å². The zero-order valence-corrected chi connectivity index (χ0v) is 26.7. The summed E-state index contributed by atoms with van der Waals surface area (Å²) in [6.07, 6.45) is 11.8. The summed E-state index contributed by atoms with van der Waals surface area (Å²) in [6, 6.07) is 15.1. The van der Waals surface area contributed by atoms with E-state index in [1.54, 1.807) is 18.4 Å². The minimum absolute atomic E-state index is 0.180. The lowest BCUT2D eigenvalue weighted by Gasteiger charge is -2.48. The highest BCUT2D eigenvalue weighted by molar-refractivity contribution is 7.15. The van der Waals surface area contributed by atoms with E-state index in [4.69, 9.17) is 15.5 Å². The van der Waals surface area contributed by atoms with Crippen molar-refractivity contribution in [2.75, 3.05) is 13.7 Å². The molecule has 6 rings (SSSR count). The molecule has 3 saturated carbocycles. The molecule has 2 amide bonds. The van der Waals surface area contributed by atoms with E-state index in [2.05, 4.69) is 54.7 Å². The lowest BCUT2D eigenvalue weighted by molar-refractivity contribution is -0.129. The summed E-state index contributed by atoms with van der Waals surface area (Å²) in [5.74, 6) is 1.41. The first-order valence-electron chi connectivity index (χ1n) is 16.2. The van der Waals surface area contributed by atoms with Crippen LogP contribution < -0.4 is 15.8 Å². The van der Waals surface area contributed by atoms with Gasteiger partial charge in [-0.3, -0.25) is 9.59 Å². The molecule has 0 aliphatic heterocycles. The summed E-state index contributed by atoms with van der Waals surface area (Å²) in [7, 11) is 1.72. The summed E-state index contributed by atoms with van der Waals surface area (Å²) in [6.45, 7) is 1.55. The molecule has 3 aliphatic rings. The molecular weight excluding hydrogens is 570 g/mol. The number of rotatable bonds is 10. The Kier molecular flexibility index (Phi) is 9.11. The highest BCUT2D eigenvalue weighted by atomic mass is 32.1. The highest BCUT2D eigenvalue weighted by Gasteiger charge is 2.49. The molecule has 0 bridgehead atoms. The average Bonchev–Trinajstić information content (AvgIpc) is 3.77. The van der Waals surface area contributed by atoms with Gasteiger partial charge >= 0.3 is 0 Å². The molecule has 1 aromatic heterocycles. The van der Waals surface area contributed by atoms with Crippen molar-refractivity contribution in [1.29, 1.82) is 0 Å². The molecule has 0 spiro atoms. The van der Waals surface area contributed by atoms with Crippen molar-refractivity contribution in [1.82, 2.24) is 10.3 Å². The highest BCUT2D eigenvalue weighted by Crippen LogP contribution is 2.52. The Morgan fingerprint density at radius 1 is 1.07 bits per heavy atom. The number of aryl methyl sites for hydroxylation is 1. The number of nitrogens with zero attached hydrogens (tertiary/aromatic N) is 1. The molecule has 44 heavy (non-hydrogen) atoms. The van der Waals surface area contributed by atoms with Gasteiger partial charge in [-0.25, -0.2) is 4.98 Å². The molecule has 3 fully saturated rings. The Labute approximate surface area is 264 Å². The van der Waals surface area contributed by atoms with Crippen molar-refractivity contribution in [3.63, 3.8) is 0 Å². The van der Waals surface area contributed by atoms with E-state index < -0.39 is 23.8 Å². The number of primary amides is 1. The molecule has 234 valence electrons. The average molecular weight is 616 g/mol. The van der Waals surface area contributed by atoms with Crippen LogP contribution in [0, 0.1) is 18.8 Å². The van der Waals surface area contributed by atoms with E-state index in [1.807, 2.05) is 6.20 Å². The first kappa shape index (κ1) is 30.8. The number of aromatic nitrogens is 1. The molecule has 3 aromatic rings. The lowest BCUT2D eigenvalue weighted by atomic mass is 9.56. The first-order valence-corrected chi connectivity index (χ1v) is 17.0. The third kappa shape index (κ3) is 6.43. The van der Waals surface area contributed by atoms with E-state index >= 15 is 0 Å². The van der Waals surface area contributed by atoms with Crippen LogP contribution in [-0.2, 0) is 15.0 Å². The van der Waals surface area contributed by atoms with Gasteiger partial charge in [0.25, 0.3) is 0 Å². The third-order valence-corrected chi connectivity index (χ3v) is 11.7. The Morgan fingerprint density at radius 2 is 1.84 bits per heavy atom.